The molecule has 0 saturated carbocycles. The third-order valence-electron chi connectivity index (χ3n) is 3.75. The maximum atomic E-state index is 12.9. The highest BCUT2D eigenvalue weighted by molar-refractivity contribution is 5.92. The van der Waals surface area contributed by atoms with Crippen LogP contribution in [0.25, 0.3) is 0 Å². The second-order valence-corrected chi connectivity index (χ2v) is 6.01. The van der Waals surface area contributed by atoms with Gasteiger partial charge in [-0.3, -0.25) is 4.79 Å². The minimum atomic E-state index is -5.08. The van der Waals surface area contributed by atoms with Gasteiger partial charge in [0, 0.05) is 11.3 Å². The van der Waals surface area contributed by atoms with Crippen LogP contribution < -0.4 is 5.32 Å². The standard InChI is InChI=1S/C14H10F3N5O3.C2HF3O2/c15-14(16,17)13(20-21-13)8-1-3-9(4-2-8)19-11(23)6-22-7-18-5-10(22)12(24)25;3-2(4,5)1(6)7/h1-5,7H,6H2,(H,19,23)(H,24,25);(H,6,7). The van der Waals surface area contributed by atoms with Crippen molar-refractivity contribution < 1.29 is 50.9 Å². The zero-order chi connectivity index (χ0) is 24.3. The Labute approximate surface area is 173 Å². The summed E-state index contributed by atoms with van der Waals surface area (Å²) in [4.78, 5) is 35.4. The van der Waals surface area contributed by atoms with Gasteiger partial charge in [0.15, 0.2) is 0 Å². The Morgan fingerprint density at radius 1 is 1.00 bits per heavy atom. The van der Waals surface area contributed by atoms with Gasteiger partial charge in [0.05, 0.1) is 12.5 Å². The number of imidazole rings is 1. The fraction of sp³-hybridized carbons (Fsp3) is 0.250. The molecular formula is C16H11F6N5O5. The van der Waals surface area contributed by atoms with Gasteiger partial charge in [-0.25, -0.2) is 14.6 Å². The lowest BCUT2D eigenvalue weighted by atomic mass is 10.0. The number of benzene rings is 1. The van der Waals surface area contributed by atoms with E-state index < -0.39 is 35.9 Å². The zero-order valence-corrected chi connectivity index (χ0v) is 15.3. The Hall–Kier alpha value is -3.98. The van der Waals surface area contributed by atoms with Crippen LogP contribution in [0.2, 0.25) is 0 Å². The molecule has 0 unspecified atom stereocenters. The summed E-state index contributed by atoms with van der Waals surface area (Å²) in [6.07, 6.45) is -7.41. The fourth-order valence-electron chi connectivity index (χ4n) is 2.21. The highest BCUT2D eigenvalue weighted by atomic mass is 19.4. The smallest absolute Gasteiger partial charge is 0.477 e. The summed E-state index contributed by atoms with van der Waals surface area (Å²) in [5.41, 5.74) is -2.57. The number of hydrogen-bond donors (Lipinski definition) is 3. The highest BCUT2D eigenvalue weighted by Gasteiger charge is 2.65. The van der Waals surface area contributed by atoms with Gasteiger partial charge >= 0.3 is 30.0 Å². The number of aromatic carboxylic acids is 1. The van der Waals surface area contributed by atoms with E-state index in [0.29, 0.717) is 0 Å². The van der Waals surface area contributed by atoms with Gasteiger partial charge in [0.1, 0.15) is 12.2 Å². The quantitative estimate of drug-likeness (QED) is 0.576. The Balaban J connectivity index is 0.000000451. The van der Waals surface area contributed by atoms with Gasteiger partial charge in [0.25, 0.3) is 0 Å². The van der Waals surface area contributed by atoms with E-state index in [9.17, 15) is 35.9 Å². The first-order chi connectivity index (χ1) is 14.7. The predicted molar refractivity (Wildman–Crippen MR) is 90.5 cm³/mol. The summed E-state index contributed by atoms with van der Waals surface area (Å²) in [5, 5.41) is 24.7. The molecule has 1 aliphatic rings. The summed E-state index contributed by atoms with van der Waals surface area (Å²) in [7, 11) is 0. The highest BCUT2D eigenvalue weighted by Crippen LogP contribution is 2.52. The summed E-state index contributed by atoms with van der Waals surface area (Å²) < 4.78 is 71.5. The lowest BCUT2D eigenvalue weighted by Gasteiger charge is -2.15. The van der Waals surface area contributed by atoms with Crippen molar-refractivity contribution in [3.05, 3.63) is 48.0 Å². The normalized spacial score (nSPS) is 14.2. The number of aromatic nitrogens is 2. The van der Waals surface area contributed by atoms with E-state index in [-0.39, 0.29) is 23.5 Å². The molecule has 10 nitrogen and oxygen atoms in total. The number of halogens is 6. The van der Waals surface area contributed by atoms with Crippen LogP contribution in [0.5, 0.6) is 0 Å². The largest absolute Gasteiger partial charge is 0.490 e. The predicted octanol–water partition coefficient (Wildman–Crippen LogP) is 3.03. The lowest BCUT2D eigenvalue weighted by Crippen LogP contribution is -2.30. The molecule has 0 radical (unpaired) electrons. The average Bonchev–Trinajstić information content (AvgIpc) is 3.36. The number of carboxylic acids is 2. The molecule has 2 aromatic rings. The van der Waals surface area contributed by atoms with Crippen molar-refractivity contribution in [2.45, 2.75) is 24.6 Å². The number of aliphatic carboxylic acids is 1. The average molecular weight is 467 g/mol. The van der Waals surface area contributed by atoms with Gasteiger partial charge in [-0.2, -0.15) is 26.3 Å². The number of nitrogens with one attached hydrogen (secondary N) is 1. The molecule has 0 saturated heterocycles. The SMILES string of the molecule is O=C(Cn1cncc1C(=O)O)Nc1ccc(C2(C(F)(F)F)N=N2)cc1.O=C(O)C(F)(F)F. The van der Waals surface area contributed by atoms with Crippen LogP contribution in [0.4, 0.5) is 32.0 Å². The molecule has 3 rings (SSSR count). The molecule has 0 spiro atoms. The van der Waals surface area contributed by atoms with Crippen molar-refractivity contribution >= 4 is 23.5 Å². The third-order valence-corrected chi connectivity index (χ3v) is 3.75. The summed E-state index contributed by atoms with van der Waals surface area (Å²) in [6.45, 7) is -0.305. The zero-order valence-electron chi connectivity index (χ0n) is 15.3. The number of hydrogen-bond acceptors (Lipinski definition) is 6. The minimum absolute atomic E-state index is 0.152. The van der Waals surface area contributed by atoms with Crippen LogP contribution in [0, 0.1) is 0 Å². The molecule has 32 heavy (non-hydrogen) atoms. The number of alkyl halides is 6. The van der Waals surface area contributed by atoms with Crippen molar-refractivity contribution in [1.29, 1.82) is 0 Å². The molecule has 2 heterocycles. The van der Waals surface area contributed by atoms with Crippen molar-refractivity contribution in [3.63, 3.8) is 0 Å². The Kier molecular flexibility index (Phi) is 6.56. The first-order valence-corrected chi connectivity index (χ1v) is 8.12. The maximum absolute atomic E-state index is 12.9. The number of anilines is 1. The maximum Gasteiger partial charge on any atom is 0.490 e. The van der Waals surface area contributed by atoms with Crippen LogP contribution in [0.15, 0.2) is 47.0 Å². The summed E-state index contributed by atoms with van der Waals surface area (Å²) >= 11 is 0. The molecule has 16 heteroatoms. The second-order valence-electron chi connectivity index (χ2n) is 6.01. The molecule has 172 valence electrons. The molecule has 1 aromatic carbocycles. The van der Waals surface area contributed by atoms with Crippen LogP contribution in [0.1, 0.15) is 16.1 Å². The van der Waals surface area contributed by atoms with E-state index in [2.05, 4.69) is 20.5 Å². The molecule has 1 aliphatic heterocycles. The third kappa shape index (κ3) is 5.58. The first kappa shape index (κ1) is 24.3. The van der Waals surface area contributed by atoms with Crippen molar-refractivity contribution in [2.24, 2.45) is 10.2 Å². The van der Waals surface area contributed by atoms with Gasteiger partial charge in [-0.05, 0) is 12.1 Å². The topological polar surface area (TPSA) is 146 Å². The molecule has 0 bridgehead atoms. The van der Waals surface area contributed by atoms with E-state index in [0.717, 1.165) is 10.8 Å². The molecule has 1 aromatic heterocycles. The molecule has 3 N–H and O–H groups in total. The fourth-order valence-corrected chi connectivity index (χ4v) is 2.21. The number of carbonyl (C=O) groups is 3. The van der Waals surface area contributed by atoms with Gasteiger partial charge < -0.3 is 20.1 Å². The van der Waals surface area contributed by atoms with Gasteiger partial charge in [-0.15, -0.1) is 10.2 Å². The van der Waals surface area contributed by atoms with E-state index in [4.69, 9.17) is 15.0 Å². The number of carbonyl (C=O) groups excluding carboxylic acids is 1. The van der Waals surface area contributed by atoms with Crippen molar-refractivity contribution in [1.82, 2.24) is 9.55 Å². The molecule has 1 amide bonds. The minimum Gasteiger partial charge on any atom is -0.477 e. The van der Waals surface area contributed by atoms with E-state index in [1.807, 2.05) is 0 Å². The summed E-state index contributed by atoms with van der Waals surface area (Å²) in [5.74, 6) is -4.55. The molecular weight excluding hydrogens is 456 g/mol. The number of amides is 1. The Bertz CT molecular complexity index is 1040. The summed E-state index contributed by atoms with van der Waals surface area (Å²) in [6, 6.07) is 4.91. The number of carboxylic acid groups (broad SMARTS) is 2. The van der Waals surface area contributed by atoms with Crippen LogP contribution in [-0.4, -0.2) is 50.0 Å². The monoisotopic (exact) mass is 467 g/mol. The van der Waals surface area contributed by atoms with Gasteiger partial charge in [0.2, 0.25) is 5.91 Å². The van der Waals surface area contributed by atoms with E-state index in [1.54, 1.807) is 0 Å². The number of nitrogens with zero attached hydrogens (tertiary/aromatic N) is 4. The van der Waals surface area contributed by atoms with Gasteiger partial charge in [-0.1, -0.05) is 12.1 Å². The molecule has 0 atom stereocenters. The molecule has 0 aliphatic carbocycles. The first-order valence-electron chi connectivity index (χ1n) is 8.12. The van der Waals surface area contributed by atoms with Crippen LogP contribution in [-0.2, 0) is 21.8 Å². The van der Waals surface area contributed by atoms with E-state index in [1.165, 1.54) is 30.6 Å². The van der Waals surface area contributed by atoms with Crippen molar-refractivity contribution in [2.75, 3.05) is 5.32 Å². The van der Waals surface area contributed by atoms with Crippen molar-refractivity contribution in [3.8, 4) is 0 Å². The second kappa shape index (κ2) is 8.64. The lowest BCUT2D eigenvalue weighted by molar-refractivity contribution is -0.192. The Morgan fingerprint density at radius 2 is 1.53 bits per heavy atom. The van der Waals surface area contributed by atoms with E-state index >= 15 is 0 Å². The Morgan fingerprint density at radius 3 is 1.94 bits per heavy atom. The number of rotatable bonds is 5. The van der Waals surface area contributed by atoms with Crippen LogP contribution >= 0.6 is 0 Å². The molecule has 0 fully saturated rings. The van der Waals surface area contributed by atoms with Crippen LogP contribution in [0.3, 0.4) is 0 Å².